The third-order valence-electron chi connectivity index (χ3n) is 2.90. The highest BCUT2D eigenvalue weighted by Crippen LogP contribution is 2.15. The van der Waals surface area contributed by atoms with E-state index in [0.29, 0.717) is 0 Å². The first-order chi connectivity index (χ1) is 9.81. The van der Waals surface area contributed by atoms with Gasteiger partial charge in [0.1, 0.15) is 11.5 Å². The van der Waals surface area contributed by atoms with Crippen molar-refractivity contribution in [1.29, 1.82) is 0 Å². The zero-order valence-corrected chi connectivity index (χ0v) is 11.7. The van der Waals surface area contributed by atoms with Crippen LogP contribution in [0.4, 0.5) is 0 Å². The van der Waals surface area contributed by atoms with Crippen LogP contribution in [0.3, 0.4) is 0 Å². The van der Waals surface area contributed by atoms with Gasteiger partial charge < -0.3 is 9.47 Å². The van der Waals surface area contributed by atoms with E-state index in [-0.39, 0.29) is 0 Å². The monoisotopic (exact) mass is 266 g/mol. The largest absolute Gasteiger partial charge is 0.497 e. The molecular formula is C18H18O2. The van der Waals surface area contributed by atoms with Gasteiger partial charge in [-0.05, 0) is 35.4 Å². The Morgan fingerprint density at radius 1 is 0.850 bits per heavy atom. The third-order valence-corrected chi connectivity index (χ3v) is 2.90. The molecule has 0 bridgehead atoms. The molecule has 0 saturated carbocycles. The highest BCUT2D eigenvalue weighted by atomic mass is 16.5. The van der Waals surface area contributed by atoms with Crippen molar-refractivity contribution in [2.45, 2.75) is 0 Å². The Morgan fingerprint density at radius 2 is 1.55 bits per heavy atom. The van der Waals surface area contributed by atoms with Crippen LogP contribution in [0.2, 0.25) is 0 Å². The fourth-order valence-corrected chi connectivity index (χ4v) is 1.78. The van der Waals surface area contributed by atoms with Crippen LogP contribution in [0, 0.1) is 0 Å². The maximum atomic E-state index is 5.38. The smallest absolute Gasteiger partial charge is 0.119 e. The number of ether oxygens (including phenoxy) is 2. The predicted octanol–water partition coefficient (Wildman–Crippen LogP) is 4.40. The Kier molecular flexibility index (Phi) is 5.01. The summed E-state index contributed by atoms with van der Waals surface area (Å²) in [6, 6.07) is 18.0. The van der Waals surface area contributed by atoms with E-state index in [0.717, 1.165) is 22.6 Å². The van der Waals surface area contributed by atoms with E-state index in [1.807, 2.05) is 60.7 Å². The fourth-order valence-electron chi connectivity index (χ4n) is 1.78. The summed E-state index contributed by atoms with van der Waals surface area (Å²) in [6.07, 6.45) is 5.97. The van der Waals surface area contributed by atoms with Gasteiger partial charge in [-0.1, -0.05) is 48.5 Å². The molecule has 2 heteroatoms. The van der Waals surface area contributed by atoms with Crippen molar-refractivity contribution in [2.24, 2.45) is 0 Å². The Balaban J connectivity index is 2.14. The lowest BCUT2D eigenvalue weighted by Crippen LogP contribution is -1.84. The van der Waals surface area contributed by atoms with Crippen LogP contribution >= 0.6 is 0 Å². The van der Waals surface area contributed by atoms with Crippen molar-refractivity contribution in [3.8, 4) is 5.75 Å². The molecule has 0 spiro atoms. The highest BCUT2D eigenvalue weighted by Gasteiger charge is 1.95. The summed E-state index contributed by atoms with van der Waals surface area (Å²) in [5, 5.41) is 0. The summed E-state index contributed by atoms with van der Waals surface area (Å²) < 4.78 is 10.5. The number of hydrogen-bond donors (Lipinski definition) is 0. The molecule has 2 rings (SSSR count). The number of allylic oxidation sites excluding steroid dienone is 1. The van der Waals surface area contributed by atoms with Crippen molar-refractivity contribution in [3.63, 3.8) is 0 Å². The minimum absolute atomic E-state index is 0.805. The van der Waals surface area contributed by atoms with Crippen molar-refractivity contribution in [3.05, 3.63) is 77.6 Å². The summed E-state index contributed by atoms with van der Waals surface area (Å²) in [7, 11) is 3.33. The minimum atomic E-state index is 0.805. The summed E-state index contributed by atoms with van der Waals surface area (Å²) in [5.41, 5.74) is 2.21. The van der Waals surface area contributed by atoms with Gasteiger partial charge in [0.2, 0.25) is 0 Å². The van der Waals surface area contributed by atoms with Crippen molar-refractivity contribution in [2.75, 3.05) is 14.2 Å². The Hall–Kier alpha value is -2.48. The molecule has 0 unspecified atom stereocenters. The van der Waals surface area contributed by atoms with Crippen LogP contribution in [0.5, 0.6) is 5.75 Å². The highest BCUT2D eigenvalue weighted by molar-refractivity contribution is 5.60. The average molecular weight is 266 g/mol. The summed E-state index contributed by atoms with van der Waals surface area (Å²) in [5.74, 6) is 1.65. The quantitative estimate of drug-likeness (QED) is 0.590. The van der Waals surface area contributed by atoms with E-state index >= 15 is 0 Å². The molecule has 2 nitrogen and oxygen atoms in total. The number of hydrogen-bond acceptors (Lipinski definition) is 2. The molecule has 102 valence electrons. The fraction of sp³-hybridized carbons (Fsp3) is 0.111. The number of rotatable bonds is 5. The van der Waals surface area contributed by atoms with E-state index in [2.05, 4.69) is 12.1 Å². The summed E-state index contributed by atoms with van der Waals surface area (Å²) >= 11 is 0. The molecule has 0 aromatic heterocycles. The normalized spacial score (nSPS) is 11.6. The zero-order valence-electron chi connectivity index (χ0n) is 11.7. The van der Waals surface area contributed by atoms with Gasteiger partial charge in [-0.15, -0.1) is 0 Å². The van der Waals surface area contributed by atoms with Crippen molar-refractivity contribution in [1.82, 2.24) is 0 Å². The lowest BCUT2D eigenvalue weighted by Gasteiger charge is -2.02. The topological polar surface area (TPSA) is 18.5 Å². The Bertz CT molecular complexity index is 581. The summed E-state index contributed by atoms with van der Waals surface area (Å²) in [4.78, 5) is 0. The molecule has 0 aliphatic heterocycles. The zero-order chi connectivity index (χ0) is 14.2. The molecule has 0 radical (unpaired) electrons. The van der Waals surface area contributed by atoms with Crippen LogP contribution in [0.1, 0.15) is 11.1 Å². The molecule has 0 fully saturated rings. The van der Waals surface area contributed by atoms with Gasteiger partial charge in [-0.25, -0.2) is 0 Å². The van der Waals surface area contributed by atoms with Crippen LogP contribution in [-0.2, 0) is 4.74 Å². The van der Waals surface area contributed by atoms with Crippen LogP contribution in [0.15, 0.2) is 66.4 Å². The van der Waals surface area contributed by atoms with E-state index in [1.54, 1.807) is 14.2 Å². The van der Waals surface area contributed by atoms with Crippen molar-refractivity contribution >= 4 is 12.2 Å². The second-order valence-corrected chi connectivity index (χ2v) is 4.27. The second-order valence-electron chi connectivity index (χ2n) is 4.27. The van der Waals surface area contributed by atoms with Gasteiger partial charge in [0, 0.05) is 0 Å². The molecule has 0 heterocycles. The van der Waals surface area contributed by atoms with E-state index in [4.69, 9.17) is 9.47 Å². The lowest BCUT2D eigenvalue weighted by molar-refractivity contribution is 0.311. The Labute approximate surface area is 120 Å². The molecule has 20 heavy (non-hydrogen) atoms. The molecule has 0 amide bonds. The first-order valence-electron chi connectivity index (χ1n) is 6.44. The van der Waals surface area contributed by atoms with Crippen LogP contribution in [0.25, 0.3) is 12.2 Å². The van der Waals surface area contributed by atoms with Crippen molar-refractivity contribution < 1.29 is 9.47 Å². The van der Waals surface area contributed by atoms with Gasteiger partial charge >= 0.3 is 0 Å². The maximum absolute atomic E-state index is 5.38. The van der Waals surface area contributed by atoms with Gasteiger partial charge in [-0.2, -0.15) is 0 Å². The lowest BCUT2D eigenvalue weighted by atomic mass is 10.1. The maximum Gasteiger partial charge on any atom is 0.119 e. The first-order valence-corrected chi connectivity index (χ1v) is 6.44. The van der Waals surface area contributed by atoms with E-state index in [9.17, 15) is 0 Å². The molecule has 2 aromatic carbocycles. The average Bonchev–Trinajstić information content (AvgIpc) is 2.53. The SMILES string of the molecule is COC(=C\c1ccc(OC)cc1)/C=C/c1ccccc1. The van der Waals surface area contributed by atoms with Crippen LogP contribution < -0.4 is 4.74 Å². The molecule has 0 atom stereocenters. The van der Waals surface area contributed by atoms with E-state index < -0.39 is 0 Å². The number of methoxy groups -OCH3 is 2. The number of benzene rings is 2. The summed E-state index contributed by atoms with van der Waals surface area (Å²) in [6.45, 7) is 0. The second kappa shape index (κ2) is 7.19. The molecule has 0 aliphatic rings. The predicted molar refractivity (Wildman–Crippen MR) is 83.5 cm³/mol. The molecule has 0 N–H and O–H groups in total. The molecular weight excluding hydrogens is 248 g/mol. The van der Waals surface area contributed by atoms with E-state index in [1.165, 1.54) is 0 Å². The van der Waals surface area contributed by atoms with Gasteiger partial charge in [-0.3, -0.25) is 0 Å². The minimum Gasteiger partial charge on any atom is -0.497 e. The molecule has 0 aliphatic carbocycles. The third kappa shape index (κ3) is 4.02. The Morgan fingerprint density at radius 3 is 2.15 bits per heavy atom. The van der Waals surface area contributed by atoms with Gasteiger partial charge in [0.15, 0.2) is 0 Å². The van der Waals surface area contributed by atoms with Crippen LogP contribution in [-0.4, -0.2) is 14.2 Å². The first kappa shape index (κ1) is 13.9. The molecule has 2 aromatic rings. The molecule has 0 saturated heterocycles. The standard InChI is InChI=1S/C18H18O2/c1-19-17-11-9-16(10-12-17)14-18(20-2)13-8-15-6-4-3-5-7-15/h3-14H,1-2H3/b13-8+,18-14-. The van der Waals surface area contributed by atoms with Gasteiger partial charge in [0.25, 0.3) is 0 Å². The van der Waals surface area contributed by atoms with Gasteiger partial charge in [0.05, 0.1) is 14.2 Å².